The number of hydrogen-bond acceptors (Lipinski definition) is 4. The quantitative estimate of drug-likeness (QED) is 0.866. The van der Waals surface area contributed by atoms with Crippen molar-refractivity contribution in [1.82, 2.24) is 5.32 Å². The Labute approximate surface area is 110 Å². The number of carbonyl (C=O) groups excluding carboxylic acids is 1. The fraction of sp³-hybridized carbons (Fsp3) is 0.545. The molecule has 1 fully saturated rings. The van der Waals surface area contributed by atoms with Gasteiger partial charge in [-0.25, -0.2) is 13.6 Å². The van der Waals surface area contributed by atoms with Crippen LogP contribution in [0.5, 0.6) is 0 Å². The number of nitrogens with two attached hydrogens (primary N) is 1. The lowest BCUT2D eigenvalue weighted by Crippen LogP contribution is -2.33. The number of thiophene rings is 1. The van der Waals surface area contributed by atoms with Gasteiger partial charge in [0.15, 0.2) is 0 Å². The summed E-state index contributed by atoms with van der Waals surface area (Å²) >= 11 is 1.05. The molecule has 0 atom stereocenters. The highest BCUT2D eigenvalue weighted by atomic mass is 32.2. The third kappa shape index (κ3) is 3.54. The van der Waals surface area contributed by atoms with Crippen LogP contribution in [0.3, 0.4) is 0 Å². The third-order valence-corrected chi connectivity index (χ3v) is 5.50. The van der Waals surface area contributed by atoms with Crippen molar-refractivity contribution in [1.29, 1.82) is 0 Å². The molecule has 0 saturated heterocycles. The highest BCUT2D eigenvalue weighted by molar-refractivity contribution is 7.91. The monoisotopic (exact) mass is 288 g/mol. The molecule has 0 unspecified atom stereocenters. The number of carbonyl (C=O) groups is 1. The third-order valence-electron chi connectivity index (χ3n) is 2.97. The Morgan fingerprint density at radius 1 is 1.39 bits per heavy atom. The van der Waals surface area contributed by atoms with Gasteiger partial charge in [-0.15, -0.1) is 11.3 Å². The number of amides is 1. The predicted molar refractivity (Wildman–Crippen MR) is 69.8 cm³/mol. The fourth-order valence-electron chi connectivity index (χ4n) is 2.11. The van der Waals surface area contributed by atoms with Crippen molar-refractivity contribution in [2.45, 2.75) is 42.4 Å². The molecule has 0 aliphatic heterocycles. The first kappa shape index (κ1) is 13.5. The minimum Gasteiger partial charge on any atom is -0.353 e. The number of hydrogen-bond donors (Lipinski definition) is 2. The smallest absolute Gasteiger partial charge is 0.247 e. The Balaban J connectivity index is 1.92. The lowest BCUT2D eigenvalue weighted by molar-refractivity contribution is -0.121. The lowest BCUT2D eigenvalue weighted by Gasteiger charge is -2.10. The molecule has 1 amide bonds. The maximum absolute atomic E-state index is 11.7. The maximum atomic E-state index is 11.7. The molecule has 18 heavy (non-hydrogen) atoms. The van der Waals surface area contributed by atoms with E-state index in [1.807, 2.05) is 0 Å². The SMILES string of the molecule is NS(=O)(=O)c1ccc(CC(=O)NC2CCCC2)s1. The van der Waals surface area contributed by atoms with Crippen molar-refractivity contribution in [3.05, 3.63) is 17.0 Å². The van der Waals surface area contributed by atoms with Gasteiger partial charge in [-0.3, -0.25) is 4.79 Å². The summed E-state index contributed by atoms with van der Waals surface area (Å²) in [5.41, 5.74) is 0. The van der Waals surface area contributed by atoms with Gasteiger partial charge in [0.1, 0.15) is 4.21 Å². The summed E-state index contributed by atoms with van der Waals surface area (Å²) in [4.78, 5) is 12.5. The molecular formula is C11H16N2O3S2. The van der Waals surface area contributed by atoms with Gasteiger partial charge in [-0.1, -0.05) is 12.8 Å². The molecular weight excluding hydrogens is 272 g/mol. The first-order valence-corrected chi connectivity index (χ1v) is 8.22. The molecule has 1 heterocycles. The van der Waals surface area contributed by atoms with Crippen molar-refractivity contribution in [3.8, 4) is 0 Å². The minimum absolute atomic E-state index is 0.0512. The molecule has 1 aromatic rings. The van der Waals surface area contributed by atoms with Crippen molar-refractivity contribution in [2.24, 2.45) is 5.14 Å². The van der Waals surface area contributed by atoms with E-state index >= 15 is 0 Å². The molecule has 7 heteroatoms. The molecule has 0 aromatic carbocycles. The van der Waals surface area contributed by atoms with Crippen LogP contribution in [-0.4, -0.2) is 20.4 Å². The van der Waals surface area contributed by atoms with Gasteiger partial charge in [0.2, 0.25) is 15.9 Å². The molecule has 100 valence electrons. The van der Waals surface area contributed by atoms with Crippen molar-refractivity contribution < 1.29 is 13.2 Å². The summed E-state index contributed by atoms with van der Waals surface area (Å²) in [5, 5.41) is 7.98. The Kier molecular flexibility index (Phi) is 4.04. The zero-order valence-corrected chi connectivity index (χ0v) is 11.5. The summed E-state index contributed by atoms with van der Waals surface area (Å²) in [6.45, 7) is 0. The number of rotatable bonds is 4. The van der Waals surface area contributed by atoms with Crippen molar-refractivity contribution >= 4 is 27.3 Å². The molecule has 0 radical (unpaired) electrons. The summed E-state index contributed by atoms with van der Waals surface area (Å²) in [6.07, 6.45) is 4.63. The fourth-order valence-corrected chi connectivity index (χ4v) is 3.89. The Bertz CT molecular complexity index is 530. The molecule has 0 bridgehead atoms. The molecule has 3 N–H and O–H groups in total. The van der Waals surface area contributed by atoms with Crippen LogP contribution in [0.15, 0.2) is 16.3 Å². The van der Waals surface area contributed by atoms with Gasteiger partial charge in [0.05, 0.1) is 6.42 Å². The number of primary sulfonamides is 1. The van der Waals surface area contributed by atoms with E-state index in [0.717, 1.165) is 29.1 Å². The summed E-state index contributed by atoms with van der Waals surface area (Å²) in [7, 11) is -3.65. The molecule has 2 rings (SSSR count). The topological polar surface area (TPSA) is 89.3 Å². The Morgan fingerprint density at radius 3 is 2.61 bits per heavy atom. The molecule has 1 aliphatic carbocycles. The van der Waals surface area contributed by atoms with Crippen LogP contribution in [-0.2, 0) is 21.2 Å². The van der Waals surface area contributed by atoms with E-state index in [2.05, 4.69) is 5.32 Å². The van der Waals surface area contributed by atoms with Crippen LogP contribution in [0.2, 0.25) is 0 Å². The van der Waals surface area contributed by atoms with E-state index in [9.17, 15) is 13.2 Å². The van der Waals surface area contributed by atoms with Crippen molar-refractivity contribution in [2.75, 3.05) is 0 Å². The first-order valence-electron chi connectivity index (χ1n) is 5.86. The van der Waals surface area contributed by atoms with Crippen LogP contribution in [0, 0.1) is 0 Å². The Morgan fingerprint density at radius 2 is 2.06 bits per heavy atom. The normalized spacial score (nSPS) is 16.9. The zero-order valence-electron chi connectivity index (χ0n) is 9.89. The predicted octanol–water partition coefficient (Wildman–Crippen LogP) is 0.997. The van der Waals surface area contributed by atoms with E-state index in [0.29, 0.717) is 0 Å². The highest BCUT2D eigenvalue weighted by Gasteiger charge is 2.18. The first-order chi connectivity index (χ1) is 8.45. The van der Waals surface area contributed by atoms with Gasteiger partial charge < -0.3 is 5.32 Å². The van der Waals surface area contributed by atoms with E-state index < -0.39 is 10.0 Å². The van der Waals surface area contributed by atoms with Crippen LogP contribution < -0.4 is 10.5 Å². The van der Waals surface area contributed by atoms with Crippen molar-refractivity contribution in [3.63, 3.8) is 0 Å². The van der Waals surface area contributed by atoms with Gasteiger partial charge >= 0.3 is 0 Å². The summed E-state index contributed by atoms with van der Waals surface area (Å²) in [6, 6.07) is 3.37. The van der Waals surface area contributed by atoms with Crippen LogP contribution >= 0.6 is 11.3 Å². The van der Waals surface area contributed by atoms with Gasteiger partial charge in [-0.2, -0.15) is 0 Å². The summed E-state index contributed by atoms with van der Waals surface area (Å²) < 4.78 is 22.3. The minimum atomic E-state index is -3.65. The Hall–Kier alpha value is -0.920. The molecule has 1 aromatic heterocycles. The molecule has 1 aliphatic rings. The largest absolute Gasteiger partial charge is 0.353 e. The van der Waals surface area contributed by atoms with Gasteiger partial charge in [-0.05, 0) is 25.0 Å². The lowest BCUT2D eigenvalue weighted by atomic mass is 10.2. The zero-order chi connectivity index (χ0) is 13.2. The van der Waals surface area contributed by atoms with E-state index in [-0.39, 0.29) is 22.6 Å². The number of nitrogens with one attached hydrogen (secondary N) is 1. The standard InChI is InChI=1S/C11H16N2O3S2/c12-18(15,16)11-6-5-9(17-11)7-10(14)13-8-3-1-2-4-8/h5-6,8H,1-4,7H2,(H,13,14)(H2,12,15,16). The second-order valence-corrected chi connectivity index (χ2v) is 7.45. The highest BCUT2D eigenvalue weighted by Crippen LogP contribution is 2.21. The maximum Gasteiger partial charge on any atom is 0.247 e. The average Bonchev–Trinajstić information content (AvgIpc) is 2.87. The average molecular weight is 288 g/mol. The van der Waals surface area contributed by atoms with Crippen LogP contribution in [0.25, 0.3) is 0 Å². The van der Waals surface area contributed by atoms with E-state index in [4.69, 9.17) is 5.14 Å². The molecule has 5 nitrogen and oxygen atoms in total. The second kappa shape index (κ2) is 5.38. The molecule has 1 saturated carbocycles. The van der Waals surface area contributed by atoms with Gasteiger partial charge in [0.25, 0.3) is 0 Å². The van der Waals surface area contributed by atoms with Crippen LogP contribution in [0.4, 0.5) is 0 Å². The second-order valence-electron chi connectivity index (χ2n) is 4.49. The van der Waals surface area contributed by atoms with E-state index in [1.54, 1.807) is 6.07 Å². The van der Waals surface area contributed by atoms with Gasteiger partial charge in [0, 0.05) is 10.9 Å². The van der Waals surface area contributed by atoms with E-state index in [1.165, 1.54) is 18.9 Å². The molecule has 0 spiro atoms. The number of sulfonamides is 1. The summed E-state index contributed by atoms with van der Waals surface area (Å²) in [5.74, 6) is -0.0512. The van der Waals surface area contributed by atoms with Crippen LogP contribution in [0.1, 0.15) is 30.6 Å².